The zero-order valence-electron chi connectivity index (χ0n) is 14.7. The van der Waals surface area contributed by atoms with Crippen molar-refractivity contribution in [3.63, 3.8) is 0 Å². The largest absolute Gasteiger partial charge is 0.497 e. The topological polar surface area (TPSA) is 44.7 Å². The average Bonchev–Trinajstić information content (AvgIpc) is 3.00. The summed E-state index contributed by atoms with van der Waals surface area (Å²) in [7, 11) is 1.70. The number of nitrogens with one attached hydrogen (secondary N) is 1. The Morgan fingerprint density at radius 2 is 1.88 bits per heavy atom. The molecule has 0 bridgehead atoms. The van der Waals surface area contributed by atoms with Crippen LogP contribution in [0.1, 0.15) is 30.1 Å². The first-order valence-electron chi connectivity index (χ1n) is 9.15. The maximum absolute atomic E-state index is 10.7. The number of aliphatic hydroxyl groups excluding tert-OH is 1. The number of anilines is 1. The Morgan fingerprint density at radius 1 is 1.08 bits per heavy atom. The van der Waals surface area contributed by atoms with Gasteiger partial charge in [-0.05, 0) is 42.5 Å². The predicted molar refractivity (Wildman–Crippen MR) is 100 cm³/mol. The number of ether oxygens (including phenoxy) is 1. The summed E-state index contributed by atoms with van der Waals surface area (Å²) in [6.45, 7) is 2.05. The van der Waals surface area contributed by atoms with Crippen molar-refractivity contribution in [2.45, 2.75) is 37.5 Å². The van der Waals surface area contributed by atoms with E-state index in [1.807, 2.05) is 24.3 Å². The zero-order valence-corrected chi connectivity index (χ0v) is 14.7. The first-order chi connectivity index (χ1) is 12.2. The molecule has 2 N–H and O–H groups in total. The molecule has 0 aromatic heterocycles. The molecule has 4 nitrogen and oxygen atoms in total. The van der Waals surface area contributed by atoms with Crippen LogP contribution >= 0.6 is 0 Å². The highest BCUT2D eigenvalue weighted by Crippen LogP contribution is 2.35. The molecule has 1 fully saturated rings. The molecule has 0 amide bonds. The molecule has 2 aromatic carbocycles. The summed E-state index contributed by atoms with van der Waals surface area (Å²) in [5.74, 6) is 0.884. The third-order valence-corrected chi connectivity index (χ3v) is 5.61. The minimum Gasteiger partial charge on any atom is -0.497 e. The summed E-state index contributed by atoms with van der Waals surface area (Å²) < 4.78 is 5.30. The van der Waals surface area contributed by atoms with Crippen molar-refractivity contribution in [2.24, 2.45) is 0 Å². The highest BCUT2D eigenvalue weighted by Gasteiger charge is 2.36. The Kier molecular flexibility index (Phi) is 4.64. The van der Waals surface area contributed by atoms with E-state index in [0.29, 0.717) is 6.04 Å². The highest BCUT2D eigenvalue weighted by molar-refractivity contribution is 5.49. The molecule has 1 saturated heterocycles. The molecule has 2 aromatic rings. The number of rotatable bonds is 4. The quantitative estimate of drug-likeness (QED) is 0.898. The van der Waals surface area contributed by atoms with E-state index in [4.69, 9.17) is 4.74 Å². The van der Waals surface area contributed by atoms with Gasteiger partial charge in [-0.2, -0.15) is 0 Å². The van der Waals surface area contributed by atoms with E-state index < -0.39 is 0 Å². The van der Waals surface area contributed by atoms with Crippen LogP contribution in [0.5, 0.6) is 5.75 Å². The van der Waals surface area contributed by atoms with Crippen molar-refractivity contribution in [1.29, 1.82) is 0 Å². The second-order valence-corrected chi connectivity index (χ2v) is 7.10. The molecule has 1 aliphatic heterocycles. The number of aliphatic hydroxyl groups is 1. The van der Waals surface area contributed by atoms with Gasteiger partial charge in [0.1, 0.15) is 5.75 Å². The molecule has 2 aliphatic rings. The number of fused-ring (bicyclic) bond motifs is 1. The standard InChI is InChI=1S/C21H26N2O2/c1-25-18-7-4-6-17(14-18)22-16-9-11-23(12-10-16)20-13-15-5-2-3-8-19(15)21(20)24/h2-8,14,16,20-22,24H,9-13H2,1H3. The first kappa shape index (κ1) is 16.4. The molecule has 4 rings (SSSR count). The highest BCUT2D eigenvalue weighted by atomic mass is 16.5. The van der Waals surface area contributed by atoms with Crippen LogP contribution in [0.15, 0.2) is 48.5 Å². The molecule has 132 valence electrons. The Morgan fingerprint density at radius 3 is 2.64 bits per heavy atom. The van der Waals surface area contributed by atoms with Crippen LogP contribution in [0.3, 0.4) is 0 Å². The Labute approximate surface area is 149 Å². The maximum atomic E-state index is 10.7. The molecule has 1 aliphatic carbocycles. The molecular weight excluding hydrogens is 312 g/mol. The van der Waals surface area contributed by atoms with Gasteiger partial charge in [0.2, 0.25) is 0 Å². The number of likely N-dealkylation sites (tertiary alicyclic amines) is 1. The van der Waals surface area contributed by atoms with E-state index in [9.17, 15) is 5.11 Å². The fraction of sp³-hybridized carbons (Fsp3) is 0.429. The van der Waals surface area contributed by atoms with Crippen LogP contribution in [0.4, 0.5) is 5.69 Å². The molecule has 2 unspecified atom stereocenters. The Hall–Kier alpha value is -2.04. The maximum Gasteiger partial charge on any atom is 0.120 e. The lowest BCUT2D eigenvalue weighted by Gasteiger charge is -2.37. The lowest BCUT2D eigenvalue weighted by atomic mass is 10.0. The van der Waals surface area contributed by atoms with Crippen LogP contribution in [0.2, 0.25) is 0 Å². The average molecular weight is 338 g/mol. The lowest BCUT2D eigenvalue weighted by Crippen LogP contribution is -2.46. The summed E-state index contributed by atoms with van der Waals surface area (Å²) in [5, 5.41) is 14.3. The van der Waals surface area contributed by atoms with E-state index in [2.05, 4.69) is 34.5 Å². The van der Waals surface area contributed by atoms with Crippen LogP contribution in [0, 0.1) is 0 Å². The van der Waals surface area contributed by atoms with Crippen LogP contribution < -0.4 is 10.1 Å². The first-order valence-corrected chi connectivity index (χ1v) is 9.15. The van der Waals surface area contributed by atoms with Gasteiger partial charge in [0, 0.05) is 36.9 Å². The van der Waals surface area contributed by atoms with Crippen molar-refractivity contribution >= 4 is 5.69 Å². The smallest absolute Gasteiger partial charge is 0.120 e. The molecule has 25 heavy (non-hydrogen) atoms. The van der Waals surface area contributed by atoms with Gasteiger partial charge in [0.05, 0.1) is 13.2 Å². The summed E-state index contributed by atoms with van der Waals surface area (Å²) in [5.41, 5.74) is 3.53. The minimum absolute atomic E-state index is 0.232. The fourth-order valence-corrected chi connectivity index (χ4v) is 4.21. The number of piperidine rings is 1. The number of hydrogen-bond donors (Lipinski definition) is 2. The van der Waals surface area contributed by atoms with Gasteiger partial charge in [-0.15, -0.1) is 0 Å². The summed E-state index contributed by atoms with van der Waals surface area (Å²) >= 11 is 0. The van der Waals surface area contributed by atoms with Gasteiger partial charge in [-0.25, -0.2) is 0 Å². The van der Waals surface area contributed by atoms with Crippen molar-refractivity contribution in [3.8, 4) is 5.75 Å². The third kappa shape index (κ3) is 3.37. The number of benzene rings is 2. The summed E-state index contributed by atoms with van der Waals surface area (Å²) in [6.07, 6.45) is 2.80. The van der Waals surface area contributed by atoms with Crippen molar-refractivity contribution < 1.29 is 9.84 Å². The van der Waals surface area contributed by atoms with E-state index in [-0.39, 0.29) is 12.1 Å². The van der Waals surface area contributed by atoms with Crippen molar-refractivity contribution in [3.05, 3.63) is 59.7 Å². The fourth-order valence-electron chi connectivity index (χ4n) is 4.21. The van der Waals surface area contributed by atoms with Crippen LogP contribution in [0.25, 0.3) is 0 Å². The normalized spacial score (nSPS) is 24.1. The SMILES string of the molecule is COc1cccc(NC2CCN(C3Cc4ccccc4C3O)CC2)c1. The van der Waals surface area contributed by atoms with Crippen LogP contribution in [-0.4, -0.2) is 42.3 Å². The molecular formula is C21H26N2O2. The monoisotopic (exact) mass is 338 g/mol. The van der Waals surface area contributed by atoms with E-state index in [1.165, 1.54) is 5.56 Å². The Bertz CT molecular complexity index is 725. The number of nitrogens with zero attached hydrogens (tertiary/aromatic N) is 1. The van der Waals surface area contributed by atoms with Gasteiger partial charge in [-0.1, -0.05) is 30.3 Å². The predicted octanol–water partition coefficient (Wildman–Crippen LogP) is 3.23. The lowest BCUT2D eigenvalue weighted by molar-refractivity contribution is 0.0474. The second-order valence-electron chi connectivity index (χ2n) is 7.10. The molecule has 0 radical (unpaired) electrons. The zero-order chi connectivity index (χ0) is 17.2. The third-order valence-electron chi connectivity index (χ3n) is 5.61. The molecule has 2 atom stereocenters. The molecule has 0 spiro atoms. The molecule has 1 heterocycles. The van der Waals surface area contributed by atoms with Gasteiger partial charge in [0.25, 0.3) is 0 Å². The van der Waals surface area contributed by atoms with Gasteiger partial charge in [-0.3, -0.25) is 4.90 Å². The summed E-state index contributed by atoms with van der Waals surface area (Å²) in [6, 6.07) is 17.1. The minimum atomic E-state index is -0.348. The van der Waals surface area contributed by atoms with Gasteiger partial charge in [0.15, 0.2) is 0 Å². The number of hydrogen-bond acceptors (Lipinski definition) is 4. The second kappa shape index (κ2) is 7.06. The van der Waals surface area contributed by atoms with E-state index in [1.54, 1.807) is 7.11 Å². The van der Waals surface area contributed by atoms with E-state index in [0.717, 1.165) is 49.4 Å². The van der Waals surface area contributed by atoms with Gasteiger partial charge >= 0.3 is 0 Å². The summed E-state index contributed by atoms with van der Waals surface area (Å²) in [4.78, 5) is 2.47. The molecule has 4 heteroatoms. The van der Waals surface area contributed by atoms with E-state index >= 15 is 0 Å². The van der Waals surface area contributed by atoms with Gasteiger partial charge < -0.3 is 15.2 Å². The van der Waals surface area contributed by atoms with Crippen molar-refractivity contribution in [2.75, 3.05) is 25.5 Å². The van der Waals surface area contributed by atoms with Crippen LogP contribution in [-0.2, 0) is 6.42 Å². The number of methoxy groups -OCH3 is 1. The molecule has 0 saturated carbocycles. The Balaban J connectivity index is 1.34. The van der Waals surface area contributed by atoms with Crippen molar-refractivity contribution in [1.82, 2.24) is 4.90 Å².